The Morgan fingerprint density at radius 1 is 0.783 bits per heavy atom. The lowest BCUT2D eigenvalue weighted by molar-refractivity contribution is 0.102. The molecule has 0 radical (unpaired) electrons. The molecule has 114 valence electrons. The van der Waals surface area contributed by atoms with Crippen molar-refractivity contribution in [3.05, 3.63) is 89.5 Å². The lowest BCUT2D eigenvalue weighted by atomic mass is 10.0. The van der Waals surface area contributed by atoms with Gasteiger partial charge in [0.2, 0.25) is 0 Å². The van der Waals surface area contributed by atoms with E-state index in [2.05, 4.69) is 11.4 Å². The molecule has 23 heavy (non-hydrogen) atoms. The van der Waals surface area contributed by atoms with Gasteiger partial charge in [-0.25, -0.2) is 0 Å². The first-order chi connectivity index (χ1) is 11.1. The van der Waals surface area contributed by atoms with Crippen LogP contribution in [-0.2, 0) is 0 Å². The molecule has 0 bridgehead atoms. The maximum absolute atomic E-state index is 12.6. The molecule has 0 aliphatic carbocycles. The van der Waals surface area contributed by atoms with Crippen LogP contribution in [0.5, 0.6) is 0 Å². The molecule has 0 spiro atoms. The van der Waals surface area contributed by atoms with Crippen LogP contribution in [0.2, 0.25) is 0 Å². The quantitative estimate of drug-likeness (QED) is 0.705. The Hall–Kier alpha value is -2.87. The first-order valence-corrected chi connectivity index (χ1v) is 7.67. The van der Waals surface area contributed by atoms with Gasteiger partial charge in [-0.05, 0) is 37.6 Å². The van der Waals surface area contributed by atoms with Crippen molar-refractivity contribution < 1.29 is 4.79 Å². The van der Waals surface area contributed by atoms with E-state index in [1.54, 1.807) is 0 Å². The van der Waals surface area contributed by atoms with Gasteiger partial charge in [0.05, 0.1) is 0 Å². The number of para-hydroxylation sites is 1. The molecular formula is C21H19NO. The Morgan fingerprint density at radius 3 is 2.09 bits per heavy atom. The number of aryl methyl sites for hydroxylation is 2. The van der Waals surface area contributed by atoms with Crippen LogP contribution in [0, 0.1) is 13.8 Å². The van der Waals surface area contributed by atoms with Crippen LogP contribution in [0.3, 0.4) is 0 Å². The molecule has 0 aliphatic heterocycles. The van der Waals surface area contributed by atoms with Crippen LogP contribution in [0.25, 0.3) is 11.1 Å². The highest BCUT2D eigenvalue weighted by Crippen LogP contribution is 2.28. The van der Waals surface area contributed by atoms with Crippen molar-refractivity contribution in [1.29, 1.82) is 0 Å². The van der Waals surface area contributed by atoms with Crippen molar-refractivity contribution in [2.24, 2.45) is 0 Å². The third-order valence-electron chi connectivity index (χ3n) is 3.74. The first kappa shape index (κ1) is 15.0. The number of hydrogen-bond donors (Lipinski definition) is 1. The van der Waals surface area contributed by atoms with Gasteiger partial charge in [-0.2, -0.15) is 0 Å². The molecule has 0 saturated carbocycles. The zero-order valence-electron chi connectivity index (χ0n) is 13.3. The van der Waals surface area contributed by atoms with E-state index in [1.165, 1.54) is 0 Å². The molecule has 3 rings (SSSR count). The standard InChI is InChI=1S/C21H19NO/c1-15-12-16(2)14-18(13-15)21(23)22-20-11-7-6-10-19(20)17-8-4-3-5-9-17/h3-14H,1-2H3,(H,22,23). The van der Waals surface area contributed by atoms with E-state index >= 15 is 0 Å². The molecule has 0 atom stereocenters. The summed E-state index contributed by atoms with van der Waals surface area (Å²) in [5, 5.41) is 3.04. The van der Waals surface area contributed by atoms with E-state index in [-0.39, 0.29) is 5.91 Å². The maximum Gasteiger partial charge on any atom is 0.255 e. The average molecular weight is 301 g/mol. The van der Waals surface area contributed by atoms with Crippen molar-refractivity contribution in [2.75, 3.05) is 5.32 Å². The Kier molecular flexibility index (Phi) is 4.24. The number of nitrogens with one attached hydrogen (secondary N) is 1. The minimum atomic E-state index is -0.0832. The van der Waals surface area contributed by atoms with Crippen molar-refractivity contribution in [3.63, 3.8) is 0 Å². The minimum Gasteiger partial charge on any atom is -0.321 e. The highest BCUT2D eigenvalue weighted by molar-refractivity contribution is 6.06. The predicted molar refractivity (Wildman–Crippen MR) is 95.7 cm³/mol. The average Bonchev–Trinajstić information content (AvgIpc) is 2.55. The molecule has 1 N–H and O–H groups in total. The molecule has 2 heteroatoms. The van der Waals surface area contributed by atoms with E-state index in [0.29, 0.717) is 5.56 Å². The number of carbonyl (C=O) groups is 1. The zero-order valence-corrected chi connectivity index (χ0v) is 13.3. The monoisotopic (exact) mass is 301 g/mol. The molecule has 0 unspecified atom stereocenters. The SMILES string of the molecule is Cc1cc(C)cc(C(=O)Nc2ccccc2-c2ccccc2)c1. The van der Waals surface area contributed by atoms with Gasteiger partial charge in [0, 0.05) is 16.8 Å². The molecule has 0 heterocycles. The summed E-state index contributed by atoms with van der Waals surface area (Å²) >= 11 is 0. The topological polar surface area (TPSA) is 29.1 Å². The Morgan fingerprint density at radius 2 is 1.39 bits per heavy atom. The van der Waals surface area contributed by atoms with Gasteiger partial charge in [0.25, 0.3) is 5.91 Å². The minimum absolute atomic E-state index is 0.0832. The highest BCUT2D eigenvalue weighted by atomic mass is 16.1. The van der Waals surface area contributed by atoms with Crippen molar-refractivity contribution in [3.8, 4) is 11.1 Å². The first-order valence-electron chi connectivity index (χ1n) is 7.67. The highest BCUT2D eigenvalue weighted by Gasteiger charge is 2.10. The summed E-state index contributed by atoms with van der Waals surface area (Å²) in [5.74, 6) is -0.0832. The summed E-state index contributed by atoms with van der Waals surface area (Å²) in [5.41, 5.74) is 5.79. The lowest BCUT2D eigenvalue weighted by Gasteiger charge is -2.12. The molecule has 0 fully saturated rings. The van der Waals surface area contributed by atoms with Gasteiger partial charge < -0.3 is 5.32 Å². The third-order valence-corrected chi connectivity index (χ3v) is 3.74. The number of rotatable bonds is 3. The zero-order chi connectivity index (χ0) is 16.2. The van der Waals surface area contributed by atoms with E-state index in [1.807, 2.05) is 80.6 Å². The normalized spacial score (nSPS) is 10.3. The van der Waals surface area contributed by atoms with Crippen LogP contribution < -0.4 is 5.32 Å². The second kappa shape index (κ2) is 6.49. The van der Waals surface area contributed by atoms with Crippen molar-refractivity contribution in [2.45, 2.75) is 13.8 Å². The van der Waals surface area contributed by atoms with Gasteiger partial charge >= 0.3 is 0 Å². The fourth-order valence-corrected chi connectivity index (χ4v) is 2.76. The van der Waals surface area contributed by atoms with E-state index in [9.17, 15) is 4.79 Å². The largest absolute Gasteiger partial charge is 0.321 e. The lowest BCUT2D eigenvalue weighted by Crippen LogP contribution is -2.13. The molecule has 3 aromatic rings. The number of amides is 1. The summed E-state index contributed by atoms with van der Waals surface area (Å²) in [6, 6.07) is 23.8. The van der Waals surface area contributed by atoms with E-state index in [0.717, 1.165) is 27.9 Å². The summed E-state index contributed by atoms with van der Waals surface area (Å²) < 4.78 is 0. The Bertz CT molecular complexity index is 817. The van der Waals surface area contributed by atoms with E-state index in [4.69, 9.17) is 0 Å². The number of hydrogen-bond acceptors (Lipinski definition) is 1. The molecule has 2 nitrogen and oxygen atoms in total. The van der Waals surface area contributed by atoms with Crippen LogP contribution in [0.15, 0.2) is 72.8 Å². The van der Waals surface area contributed by atoms with Crippen LogP contribution in [0.4, 0.5) is 5.69 Å². The number of anilines is 1. The van der Waals surface area contributed by atoms with Crippen LogP contribution >= 0.6 is 0 Å². The van der Waals surface area contributed by atoms with Crippen molar-refractivity contribution >= 4 is 11.6 Å². The number of carbonyl (C=O) groups excluding carboxylic acids is 1. The molecule has 1 amide bonds. The maximum atomic E-state index is 12.6. The second-order valence-corrected chi connectivity index (χ2v) is 5.74. The Labute approximate surface area is 136 Å². The summed E-state index contributed by atoms with van der Waals surface area (Å²) in [6.45, 7) is 4.00. The fourth-order valence-electron chi connectivity index (χ4n) is 2.76. The number of benzene rings is 3. The second-order valence-electron chi connectivity index (χ2n) is 5.74. The smallest absolute Gasteiger partial charge is 0.255 e. The van der Waals surface area contributed by atoms with Gasteiger partial charge in [0.15, 0.2) is 0 Å². The van der Waals surface area contributed by atoms with Crippen LogP contribution in [-0.4, -0.2) is 5.91 Å². The summed E-state index contributed by atoms with van der Waals surface area (Å²) in [6.07, 6.45) is 0. The van der Waals surface area contributed by atoms with Crippen molar-refractivity contribution in [1.82, 2.24) is 0 Å². The summed E-state index contributed by atoms with van der Waals surface area (Å²) in [7, 11) is 0. The van der Waals surface area contributed by atoms with E-state index < -0.39 is 0 Å². The molecule has 0 aromatic heterocycles. The molecule has 0 aliphatic rings. The fraction of sp³-hybridized carbons (Fsp3) is 0.0952. The van der Waals surface area contributed by atoms with Crippen LogP contribution in [0.1, 0.15) is 21.5 Å². The third kappa shape index (κ3) is 3.49. The molecule has 0 saturated heterocycles. The predicted octanol–water partition coefficient (Wildman–Crippen LogP) is 5.22. The molecule has 3 aromatic carbocycles. The summed E-state index contributed by atoms with van der Waals surface area (Å²) in [4.78, 5) is 12.6. The van der Waals surface area contributed by atoms with Gasteiger partial charge in [0.1, 0.15) is 0 Å². The van der Waals surface area contributed by atoms with Gasteiger partial charge in [-0.15, -0.1) is 0 Å². The molecular weight excluding hydrogens is 282 g/mol. The Balaban J connectivity index is 1.93. The van der Waals surface area contributed by atoms with Gasteiger partial charge in [-0.1, -0.05) is 65.7 Å². The van der Waals surface area contributed by atoms with Gasteiger partial charge in [-0.3, -0.25) is 4.79 Å².